The molecule has 1 atom stereocenters. The van der Waals surface area contributed by atoms with Crippen molar-refractivity contribution in [2.75, 3.05) is 44.2 Å². The maximum absolute atomic E-state index is 8.93. The van der Waals surface area contributed by atoms with Crippen LogP contribution in [0.15, 0.2) is 84.9 Å². The number of piperazine rings is 1. The molecule has 1 aliphatic heterocycles. The molecule has 4 rings (SSSR count). The van der Waals surface area contributed by atoms with Gasteiger partial charge in [-0.3, -0.25) is 4.90 Å². The smallest absolute Gasteiger partial charge is 0.108 e. The lowest BCUT2D eigenvalue weighted by Crippen LogP contribution is -2.47. The number of hydrogen-bond donors (Lipinski definition) is 0. The largest absolute Gasteiger partial charge is 0.543 e. The van der Waals surface area contributed by atoms with Gasteiger partial charge < -0.3 is 34.9 Å². The number of carboxylic acids is 2. The van der Waals surface area contributed by atoms with E-state index < -0.39 is 11.9 Å². The van der Waals surface area contributed by atoms with Crippen molar-refractivity contribution >= 4 is 17.6 Å². The van der Waals surface area contributed by atoms with Gasteiger partial charge in [0.15, 0.2) is 0 Å². The van der Waals surface area contributed by atoms with Crippen molar-refractivity contribution in [1.29, 1.82) is 0 Å². The van der Waals surface area contributed by atoms with Crippen molar-refractivity contribution in [1.82, 2.24) is 4.90 Å². The third-order valence-corrected chi connectivity index (χ3v) is 5.93. The number of anilines is 1. The lowest BCUT2D eigenvalue weighted by Gasteiger charge is -2.36. The summed E-state index contributed by atoms with van der Waals surface area (Å²) in [6, 6.07) is 29.8. The van der Waals surface area contributed by atoms with E-state index in [1.807, 2.05) is 0 Å². The van der Waals surface area contributed by atoms with E-state index in [9.17, 15) is 0 Å². The van der Waals surface area contributed by atoms with Gasteiger partial charge in [-0.05, 0) is 35.7 Å². The molecule has 8 nitrogen and oxygen atoms in total. The molecule has 0 radical (unpaired) electrons. The number of para-hydroxylation sites is 1. The summed E-state index contributed by atoms with van der Waals surface area (Å²) in [4.78, 5) is 22.8. The molecule has 8 heteroatoms. The first-order chi connectivity index (χ1) is 17.0. The minimum atomic E-state index is -2.19. The maximum Gasteiger partial charge on any atom is 0.108 e. The van der Waals surface area contributed by atoms with Crippen LogP contribution in [0, 0.1) is 6.92 Å². The van der Waals surface area contributed by atoms with Gasteiger partial charge >= 0.3 is 0 Å². The molecule has 192 valence electrons. The molecular formula is C28H32N2O6-2. The summed E-state index contributed by atoms with van der Waals surface area (Å²) in [6.07, 6.45) is -0.0111. The zero-order valence-electron chi connectivity index (χ0n) is 20.3. The van der Waals surface area contributed by atoms with Crippen molar-refractivity contribution in [3.8, 4) is 0 Å². The highest BCUT2D eigenvalue weighted by molar-refractivity contribution is 6.25. The van der Waals surface area contributed by atoms with E-state index in [-0.39, 0.29) is 11.6 Å². The lowest BCUT2D eigenvalue weighted by atomic mass is 9.97. The number of carboxylic acid groups (broad SMARTS) is 2. The molecule has 36 heavy (non-hydrogen) atoms. The fraction of sp³-hybridized carbons (Fsp3) is 0.286. The zero-order valence-corrected chi connectivity index (χ0v) is 20.3. The molecule has 1 saturated heterocycles. The summed E-state index contributed by atoms with van der Waals surface area (Å²) in [5.41, 5.74) is 5.08. The van der Waals surface area contributed by atoms with Gasteiger partial charge in [-0.2, -0.15) is 0 Å². The summed E-state index contributed by atoms with van der Waals surface area (Å²) in [5.74, 6) is -4.37. The average molecular weight is 493 g/mol. The highest BCUT2D eigenvalue weighted by Crippen LogP contribution is 2.28. The van der Waals surface area contributed by atoms with E-state index in [4.69, 9.17) is 24.5 Å². The molecule has 1 aliphatic rings. The van der Waals surface area contributed by atoms with E-state index >= 15 is 0 Å². The zero-order chi connectivity index (χ0) is 25.0. The SMILES string of the molecule is Cc1ccccc1C(OCCN1CCN(c2ccccc2)CC1)c1ccccc1.O.O=C([O-])C(=O)[O-]. The summed E-state index contributed by atoms with van der Waals surface area (Å²) < 4.78 is 6.45. The second-order valence-corrected chi connectivity index (χ2v) is 8.26. The van der Waals surface area contributed by atoms with Crippen molar-refractivity contribution in [3.05, 3.63) is 102 Å². The number of ether oxygens (including phenoxy) is 1. The van der Waals surface area contributed by atoms with Crippen LogP contribution in [0.4, 0.5) is 5.69 Å². The monoisotopic (exact) mass is 492 g/mol. The molecule has 0 spiro atoms. The first-order valence-electron chi connectivity index (χ1n) is 11.6. The minimum Gasteiger partial charge on any atom is -0.543 e. The van der Waals surface area contributed by atoms with E-state index in [2.05, 4.69) is 102 Å². The van der Waals surface area contributed by atoms with Crippen LogP contribution >= 0.6 is 0 Å². The lowest BCUT2D eigenvalue weighted by molar-refractivity contribution is -0.345. The summed E-state index contributed by atoms with van der Waals surface area (Å²) in [7, 11) is 0. The molecule has 0 amide bonds. The van der Waals surface area contributed by atoms with Crippen molar-refractivity contribution in [2.24, 2.45) is 0 Å². The number of aryl methyl sites for hydroxylation is 1. The van der Waals surface area contributed by atoms with Crippen LogP contribution in [0.1, 0.15) is 22.8 Å². The van der Waals surface area contributed by atoms with Gasteiger partial charge in [0, 0.05) is 38.4 Å². The van der Waals surface area contributed by atoms with Crippen LogP contribution in [-0.4, -0.2) is 61.6 Å². The van der Waals surface area contributed by atoms with Crippen molar-refractivity contribution < 1.29 is 30.0 Å². The van der Waals surface area contributed by atoms with Crippen LogP contribution in [0.3, 0.4) is 0 Å². The molecule has 0 aromatic heterocycles. The number of hydrogen-bond acceptors (Lipinski definition) is 7. The molecule has 3 aromatic rings. The first-order valence-corrected chi connectivity index (χ1v) is 11.6. The fourth-order valence-corrected chi connectivity index (χ4v) is 4.04. The Morgan fingerprint density at radius 3 is 1.89 bits per heavy atom. The first kappa shape index (κ1) is 28.5. The van der Waals surface area contributed by atoms with Crippen LogP contribution in [0.25, 0.3) is 0 Å². The molecular weight excluding hydrogens is 460 g/mol. The predicted octanol–water partition coefficient (Wildman–Crippen LogP) is 0.585. The Bertz CT molecular complexity index is 1060. The molecule has 0 saturated carbocycles. The molecule has 0 aliphatic carbocycles. The second-order valence-electron chi connectivity index (χ2n) is 8.26. The van der Waals surface area contributed by atoms with Crippen molar-refractivity contribution in [3.63, 3.8) is 0 Å². The van der Waals surface area contributed by atoms with Gasteiger partial charge in [-0.25, -0.2) is 0 Å². The van der Waals surface area contributed by atoms with Crippen LogP contribution in [-0.2, 0) is 14.3 Å². The molecule has 1 heterocycles. The number of rotatable bonds is 7. The molecule has 1 unspecified atom stereocenters. The van der Waals surface area contributed by atoms with E-state index in [1.165, 1.54) is 22.4 Å². The van der Waals surface area contributed by atoms with E-state index in [0.29, 0.717) is 0 Å². The fourth-order valence-electron chi connectivity index (χ4n) is 4.04. The number of aliphatic carboxylic acids is 2. The Morgan fingerprint density at radius 1 is 0.806 bits per heavy atom. The van der Waals surface area contributed by atoms with Gasteiger partial charge in [-0.15, -0.1) is 0 Å². The number of nitrogens with zero attached hydrogens (tertiary/aromatic N) is 2. The second kappa shape index (κ2) is 14.6. The van der Waals surface area contributed by atoms with Crippen molar-refractivity contribution in [2.45, 2.75) is 13.0 Å². The minimum absolute atomic E-state index is 0. The van der Waals surface area contributed by atoms with Crippen LogP contribution < -0.4 is 15.1 Å². The average Bonchev–Trinajstić information content (AvgIpc) is 2.89. The third-order valence-electron chi connectivity index (χ3n) is 5.93. The molecule has 0 bridgehead atoms. The van der Waals surface area contributed by atoms with Gasteiger partial charge in [-0.1, -0.05) is 72.8 Å². The third kappa shape index (κ3) is 8.49. The quantitative estimate of drug-likeness (QED) is 0.442. The Morgan fingerprint density at radius 2 is 1.33 bits per heavy atom. The Kier molecular flexibility index (Phi) is 11.6. The number of carbonyl (C=O) groups is 2. The highest BCUT2D eigenvalue weighted by Gasteiger charge is 2.19. The Labute approximate surface area is 211 Å². The summed E-state index contributed by atoms with van der Waals surface area (Å²) in [6.45, 7) is 8.18. The standard InChI is InChI=1S/C26H30N2O.C2H2O4.H2O/c1-22-10-8-9-15-25(22)26(23-11-4-2-5-12-23)29-21-20-27-16-18-28(19-17-27)24-13-6-3-7-14-24;3-1(4)2(5)6;/h2-15,26H,16-21H2,1H3;(H,3,4)(H,5,6);1H2/p-2. The highest BCUT2D eigenvalue weighted by atomic mass is 16.5. The number of carbonyl (C=O) groups excluding carboxylic acids is 2. The Hall–Kier alpha value is -3.72. The van der Waals surface area contributed by atoms with E-state index in [0.717, 1.165) is 39.3 Å². The Balaban J connectivity index is 0.000000584. The van der Waals surface area contributed by atoms with Gasteiger partial charge in [0.1, 0.15) is 6.10 Å². The predicted molar refractivity (Wildman–Crippen MR) is 134 cm³/mol. The maximum atomic E-state index is 8.93. The number of benzene rings is 3. The van der Waals surface area contributed by atoms with E-state index in [1.54, 1.807) is 0 Å². The van der Waals surface area contributed by atoms with Crippen LogP contribution in [0.2, 0.25) is 0 Å². The van der Waals surface area contributed by atoms with Gasteiger partial charge in [0.2, 0.25) is 0 Å². The van der Waals surface area contributed by atoms with Gasteiger partial charge in [0.05, 0.1) is 18.5 Å². The van der Waals surface area contributed by atoms with Gasteiger partial charge in [0.25, 0.3) is 0 Å². The summed E-state index contributed by atoms with van der Waals surface area (Å²) in [5, 5.41) is 17.9. The topological polar surface area (TPSA) is 127 Å². The molecule has 1 fully saturated rings. The molecule has 3 aromatic carbocycles. The van der Waals surface area contributed by atoms with Crippen LogP contribution in [0.5, 0.6) is 0 Å². The molecule has 2 N–H and O–H groups in total. The summed E-state index contributed by atoms with van der Waals surface area (Å²) >= 11 is 0. The normalized spacial score (nSPS) is 14.1.